The Bertz CT molecular complexity index is 298. The molecule has 0 bridgehead atoms. The van der Waals surface area contributed by atoms with Crippen LogP contribution in [-0.4, -0.2) is 11.7 Å². The quantitative estimate of drug-likeness (QED) is 0.764. The first-order chi connectivity index (χ1) is 6.53. The Kier molecular flexibility index (Phi) is 3.80. The monoisotopic (exact) mass is 267 g/mol. The van der Waals surface area contributed by atoms with Crippen molar-refractivity contribution in [3.8, 4) is 5.75 Å². The Morgan fingerprint density at radius 3 is 2.71 bits per heavy atom. The molecule has 0 spiro atoms. The van der Waals surface area contributed by atoms with Gasteiger partial charge in [0.1, 0.15) is 5.75 Å². The lowest BCUT2D eigenvalue weighted by Crippen LogP contribution is -2.18. The zero-order valence-corrected chi connectivity index (χ0v) is 8.65. The van der Waals surface area contributed by atoms with Crippen molar-refractivity contribution in [2.75, 3.05) is 5.33 Å². The molecule has 0 amide bonds. The van der Waals surface area contributed by atoms with Crippen molar-refractivity contribution in [3.05, 3.63) is 29.8 Å². The van der Waals surface area contributed by atoms with Gasteiger partial charge >= 0.3 is 6.36 Å². The molecule has 0 N–H and O–H groups in total. The molecule has 0 unspecified atom stereocenters. The summed E-state index contributed by atoms with van der Waals surface area (Å²) in [5, 5.41) is 0.589. The highest BCUT2D eigenvalue weighted by Gasteiger charge is 2.31. The number of ether oxygens (including phenoxy) is 1. The number of aryl methyl sites for hydroxylation is 1. The lowest BCUT2D eigenvalue weighted by molar-refractivity contribution is -0.274. The van der Waals surface area contributed by atoms with Gasteiger partial charge in [0.05, 0.1) is 0 Å². The van der Waals surface area contributed by atoms with Gasteiger partial charge in [-0.15, -0.1) is 13.2 Å². The van der Waals surface area contributed by atoms with E-state index in [0.717, 1.165) is 0 Å². The first-order valence-corrected chi connectivity index (χ1v) is 4.96. The van der Waals surface area contributed by atoms with Gasteiger partial charge in [0, 0.05) is 5.33 Å². The number of alkyl halides is 4. The average Bonchev–Trinajstić information content (AvgIpc) is 2.06. The van der Waals surface area contributed by atoms with Gasteiger partial charge in [-0.1, -0.05) is 28.1 Å². The molecule has 0 saturated heterocycles. The van der Waals surface area contributed by atoms with E-state index in [4.69, 9.17) is 0 Å². The summed E-state index contributed by atoms with van der Waals surface area (Å²) < 4.78 is 39.6. The number of halogens is 4. The summed E-state index contributed by atoms with van der Waals surface area (Å²) in [5.41, 5.74) is 0.512. The Morgan fingerprint density at radius 1 is 1.43 bits per heavy atom. The van der Waals surface area contributed by atoms with Crippen LogP contribution in [0.25, 0.3) is 0 Å². The molecule has 0 aliphatic heterocycles. The smallest absolute Gasteiger partial charge is 0.405 e. The van der Waals surface area contributed by atoms with E-state index in [1.807, 2.05) is 0 Å². The van der Waals surface area contributed by atoms with Crippen molar-refractivity contribution >= 4 is 15.9 Å². The van der Waals surface area contributed by atoms with Crippen LogP contribution in [0.2, 0.25) is 0 Å². The molecule has 1 aromatic carbocycles. The molecule has 0 aliphatic rings. The largest absolute Gasteiger partial charge is 0.573 e. The molecular weight excluding hydrogens is 261 g/mol. The third-order valence-electron chi connectivity index (χ3n) is 1.50. The van der Waals surface area contributed by atoms with Crippen LogP contribution < -0.4 is 4.74 Å². The average molecular weight is 268 g/mol. The van der Waals surface area contributed by atoms with Gasteiger partial charge < -0.3 is 4.74 Å². The fourth-order valence-electron chi connectivity index (χ4n) is 0.975. The molecule has 14 heavy (non-hydrogen) atoms. The van der Waals surface area contributed by atoms with E-state index in [0.29, 0.717) is 17.3 Å². The van der Waals surface area contributed by atoms with Crippen LogP contribution in [0.1, 0.15) is 5.56 Å². The third kappa shape index (κ3) is 3.57. The molecule has 0 heterocycles. The highest BCUT2D eigenvalue weighted by molar-refractivity contribution is 9.09. The number of rotatable bonds is 3. The first-order valence-electron chi connectivity index (χ1n) is 3.83. The topological polar surface area (TPSA) is 9.23 Å². The Labute approximate surface area is 88.0 Å². The van der Waals surface area contributed by atoms with Crippen molar-refractivity contribution in [3.63, 3.8) is 0 Å². The van der Waals surface area contributed by atoms with Crippen LogP contribution in [0.4, 0.5) is 13.2 Å². The van der Waals surface area contributed by atoms with Crippen molar-refractivity contribution in [2.45, 2.75) is 12.8 Å². The van der Waals surface area contributed by atoms with Gasteiger partial charge in [-0.25, -0.2) is 0 Å². The van der Waals surface area contributed by atoms with Crippen LogP contribution in [-0.2, 0) is 6.42 Å². The van der Waals surface area contributed by atoms with Crippen molar-refractivity contribution < 1.29 is 17.9 Å². The number of hydrogen-bond donors (Lipinski definition) is 0. The van der Waals surface area contributed by atoms with E-state index in [1.54, 1.807) is 12.1 Å². The Balaban J connectivity index is 2.84. The fourth-order valence-corrected chi connectivity index (χ4v) is 1.40. The van der Waals surface area contributed by atoms with E-state index in [-0.39, 0.29) is 5.75 Å². The van der Waals surface area contributed by atoms with Crippen LogP contribution in [0.5, 0.6) is 5.75 Å². The van der Waals surface area contributed by atoms with Gasteiger partial charge in [-0.05, 0) is 24.1 Å². The predicted molar refractivity (Wildman–Crippen MR) is 49.5 cm³/mol. The van der Waals surface area contributed by atoms with Crippen LogP contribution in [0, 0.1) is 6.07 Å². The summed E-state index contributed by atoms with van der Waals surface area (Å²) in [5.74, 6) is -0.181. The first kappa shape index (κ1) is 11.4. The number of benzene rings is 1. The minimum absolute atomic E-state index is 0.181. The van der Waals surface area contributed by atoms with E-state index in [2.05, 4.69) is 26.7 Å². The molecule has 1 radical (unpaired) electrons. The molecule has 5 heteroatoms. The van der Waals surface area contributed by atoms with Crippen molar-refractivity contribution in [1.29, 1.82) is 0 Å². The molecule has 1 nitrogen and oxygen atoms in total. The lowest BCUT2D eigenvalue weighted by atomic mass is 10.1. The molecule has 77 valence electrons. The zero-order chi connectivity index (χ0) is 10.6. The third-order valence-corrected chi connectivity index (χ3v) is 1.90. The van der Waals surface area contributed by atoms with Crippen LogP contribution >= 0.6 is 15.9 Å². The van der Waals surface area contributed by atoms with Gasteiger partial charge in [0.2, 0.25) is 0 Å². The van der Waals surface area contributed by atoms with E-state index < -0.39 is 6.36 Å². The molecule has 0 fully saturated rings. The van der Waals surface area contributed by atoms with Crippen LogP contribution in [0.3, 0.4) is 0 Å². The Hall–Kier alpha value is -0.710. The van der Waals surface area contributed by atoms with Gasteiger partial charge in [-0.3, -0.25) is 0 Å². The Morgan fingerprint density at radius 2 is 2.14 bits per heavy atom. The predicted octanol–water partition coefficient (Wildman–Crippen LogP) is 3.32. The summed E-state index contributed by atoms with van der Waals surface area (Å²) >= 11 is 3.15. The highest BCUT2D eigenvalue weighted by atomic mass is 79.9. The second-order valence-corrected chi connectivity index (χ2v) is 3.31. The summed E-state index contributed by atoms with van der Waals surface area (Å²) in [6, 6.07) is 6.84. The second-order valence-electron chi connectivity index (χ2n) is 2.52. The summed E-state index contributed by atoms with van der Waals surface area (Å²) in [7, 11) is 0. The minimum Gasteiger partial charge on any atom is -0.405 e. The molecule has 1 rings (SSSR count). The van der Waals surface area contributed by atoms with E-state index in [9.17, 15) is 13.2 Å². The zero-order valence-electron chi connectivity index (χ0n) is 7.07. The standard InChI is InChI=1S/C9H7BrF3O/c10-6-5-7-3-1-2-4-8(7)14-9(11,12)13/h1,3-4H,5-6H2. The van der Waals surface area contributed by atoms with Crippen LogP contribution in [0.15, 0.2) is 18.2 Å². The SMILES string of the molecule is FC(F)(F)Oc1c[c]ccc1CCBr. The molecule has 0 saturated carbocycles. The van der Waals surface area contributed by atoms with E-state index >= 15 is 0 Å². The van der Waals surface area contributed by atoms with Crippen molar-refractivity contribution in [1.82, 2.24) is 0 Å². The maximum absolute atomic E-state index is 11.9. The molecule has 0 atom stereocenters. The van der Waals surface area contributed by atoms with Gasteiger partial charge in [0.15, 0.2) is 0 Å². The van der Waals surface area contributed by atoms with Gasteiger partial charge in [-0.2, -0.15) is 0 Å². The molecule has 0 aromatic heterocycles. The molecule has 0 aliphatic carbocycles. The lowest BCUT2D eigenvalue weighted by Gasteiger charge is -2.11. The maximum Gasteiger partial charge on any atom is 0.573 e. The molecule has 1 aromatic rings. The van der Waals surface area contributed by atoms with Gasteiger partial charge in [0.25, 0.3) is 0 Å². The summed E-state index contributed by atoms with van der Waals surface area (Å²) in [6.07, 6.45) is -4.16. The maximum atomic E-state index is 11.9. The second kappa shape index (κ2) is 4.68. The van der Waals surface area contributed by atoms with E-state index in [1.165, 1.54) is 6.07 Å². The fraction of sp³-hybridized carbons (Fsp3) is 0.333. The number of hydrogen-bond acceptors (Lipinski definition) is 1. The highest BCUT2D eigenvalue weighted by Crippen LogP contribution is 2.26. The molecular formula is C9H7BrF3O. The normalized spacial score (nSPS) is 11.4. The summed E-state index contributed by atoms with van der Waals surface area (Å²) in [6.45, 7) is 0. The van der Waals surface area contributed by atoms with Crippen molar-refractivity contribution in [2.24, 2.45) is 0 Å². The summed E-state index contributed by atoms with van der Waals surface area (Å²) in [4.78, 5) is 0. The minimum atomic E-state index is -4.64.